The second-order valence-electron chi connectivity index (χ2n) is 9.96. The summed E-state index contributed by atoms with van der Waals surface area (Å²) in [6, 6.07) is 18.5. The van der Waals surface area contributed by atoms with Gasteiger partial charge in [0.1, 0.15) is 17.6 Å². The molecule has 0 heterocycles. The number of nitrogens with one attached hydrogen (secondary N) is 2. The average Bonchev–Trinajstić information content (AvgIpc) is 2.97. The van der Waals surface area contributed by atoms with Crippen molar-refractivity contribution in [2.45, 2.75) is 31.7 Å². The first-order valence-corrected chi connectivity index (χ1v) is 13.5. The zero-order valence-electron chi connectivity index (χ0n) is 22.8. The van der Waals surface area contributed by atoms with Gasteiger partial charge < -0.3 is 20.8 Å². The van der Waals surface area contributed by atoms with Crippen LogP contribution in [0, 0.1) is 5.82 Å². The molecule has 0 bridgehead atoms. The molecule has 0 aliphatic heterocycles. The zero-order valence-corrected chi connectivity index (χ0v) is 23.5. The highest BCUT2D eigenvalue weighted by molar-refractivity contribution is 6.31. The van der Waals surface area contributed by atoms with E-state index < -0.39 is 47.3 Å². The first-order chi connectivity index (χ1) is 20.3. The maximum Gasteiger partial charge on any atom is 0.416 e. The van der Waals surface area contributed by atoms with Gasteiger partial charge in [-0.1, -0.05) is 60.1 Å². The van der Waals surface area contributed by atoms with Crippen molar-refractivity contribution in [3.8, 4) is 28.0 Å². The number of hydrogen-bond acceptors (Lipinski definition) is 4. The molecule has 4 rings (SSSR count). The minimum Gasteiger partial charge on any atom is -0.507 e. The summed E-state index contributed by atoms with van der Waals surface area (Å²) in [5, 5.41) is 25.2. The van der Waals surface area contributed by atoms with Gasteiger partial charge in [-0.2, -0.15) is 13.2 Å². The van der Waals surface area contributed by atoms with Crippen LogP contribution < -0.4 is 10.6 Å². The van der Waals surface area contributed by atoms with E-state index >= 15 is 0 Å². The van der Waals surface area contributed by atoms with E-state index in [0.29, 0.717) is 22.3 Å². The van der Waals surface area contributed by atoms with Gasteiger partial charge >= 0.3 is 6.18 Å². The Bertz CT molecular complexity index is 1610. The van der Waals surface area contributed by atoms with Crippen LogP contribution in [0.4, 0.5) is 17.6 Å². The Morgan fingerprint density at radius 3 is 2.00 bits per heavy atom. The highest BCUT2D eigenvalue weighted by Gasteiger charge is 2.30. The van der Waals surface area contributed by atoms with Gasteiger partial charge in [-0.25, -0.2) is 4.39 Å². The lowest BCUT2D eigenvalue weighted by Gasteiger charge is -2.20. The van der Waals surface area contributed by atoms with E-state index in [1.807, 2.05) is 0 Å². The van der Waals surface area contributed by atoms with Crippen molar-refractivity contribution in [1.82, 2.24) is 10.6 Å². The molecule has 4 N–H and O–H groups in total. The van der Waals surface area contributed by atoms with Crippen LogP contribution >= 0.6 is 11.6 Å². The Morgan fingerprint density at radius 2 is 1.42 bits per heavy atom. The Hall–Kier alpha value is -4.41. The average molecular weight is 615 g/mol. The summed E-state index contributed by atoms with van der Waals surface area (Å²) in [7, 11) is 0. The SMILES string of the molecule is CC(O)CNC(=O)[C@@H](Cc1ccc(-c2ccc(F)c(Cl)c2)cc1)NC(=O)c1cc(-c2ccc(C(F)(F)F)cc2)ccc1O. The number of phenols is 1. The van der Waals surface area contributed by atoms with Crippen molar-refractivity contribution in [3.63, 3.8) is 0 Å². The molecule has 0 spiro atoms. The van der Waals surface area contributed by atoms with Crippen molar-refractivity contribution in [2.24, 2.45) is 0 Å². The number of carbonyl (C=O) groups excluding carboxylic acids is 2. The third kappa shape index (κ3) is 8.12. The Balaban J connectivity index is 1.56. The molecule has 43 heavy (non-hydrogen) atoms. The number of rotatable bonds is 9. The Morgan fingerprint density at radius 1 is 0.860 bits per heavy atom. The van der Waals surface area contributed by atoms with Crippen LogP contribution in [0.1, 0.15) is 28.4 Å². The predicted octanol–water partition coefficient (Wildman–Crippen LogP) is 6.38. The van der Waals surface area contributed by atoms with E-state index in [1.165, 1.54) is 49.4 Å². The number of carbonyl (C=O) groups is 2. The number of halogens is 5. The van der Waals surface area contributed by atoms with Crippen molar-refractivity contribution in [2.75, 3.05) is 6.54 Å². The van der Waals surface area contributed by atoms with E-state index in [1.54, 1.807) is 30.3 Å². The maximum absolute atomic E-state index is 13.6. The van der Waals surface area contributed by atoms with Crippen molar-refractivity contribution in [3.05, 3.63) is 112 Å². The van der Waals surface area contributed by atoms with Crippen LogP contribution in [0.15, 0.2) is 84.9 Å². The summed E-state index contributed by atoms with van der Waals surface area (Å²) in [5.41, 5.74) is 1.84. The highest BCUT2D eigenvalue weighted by atomic mass is 35.5. The number of amides is 2. The molecule has 0 saturated heterocycles. The fourth-order valence-electron chi connectivity index (χ4n) is 4.31. The van der Waals surface area contributed by atoms with Crippen LogP contribution in [0.25, 0.3) is 22.3 Å². The number of phenolic OH excluding ortho intramolecular Hbond substituents is 1. The number of hydrogen-bond donors (Lipinski definition) is 4. The summed E-state index contributed by atoms with van der Waals surface area (Å²) in [5.74, 6) is -2.30. The predicted molar refractivity (Wildman–Crippen MR) is 155 cm³/mol. The molecule has 0 aliphatic carbocycles. The lowest BCUT2D eigenvalue weighted by Crippen LogP contribution is -2.49. The standard InChI is InChI=1S/C32H27ClF4N2O4/c1-18(40)17-38-31(43)28(14-19-2-4-20(5-3-19)23-8-12-27(34)26(33)16-23)39-30(42)25-15-22(9-13-29(25)41)21-6-10-24(11-7-21)32(35,36)37/h2-13,15-16,18,28,40-41H,14,17H2,1H3,(H,38,43)(H,39,42)/t18?,28-/m1/s1. The first kappa shape index (κ1) is 31.5. The molecule has 0 aromatic heterocycles. The summed E-state index contributed by atoms with van der Waals surface area (Å²) in [6.45, 7) is 1.42. The third-order valence-corrected chi connectivity index (χ3v) is 6.92. The number of alkyl halides is 3. The van der Waals surface area contributed by atoms with E-state index in [9.17, 15) is 37.4 Å². The monoisotopic (exact) mass is 614 g/mol. The van der Waals surface area contributed by atoms with Crippen LogP contribution in [-0.4, -0.2) is 40.7 Å². The molecule has 0 fully saturated rings. The molecule has 6 nitrogen and oxygen atoms in total. The largest absolute Gasteiger partial charge is 0.507 e. The molecule has 0 saturated carbocycles. The molecule has 4 aromatic carbocycles. The minimum absolute atomic E-state index is 0.0234. The quantitative estimate of drug-likeness (QED) is 0.165. The van der Waals surface area contributed by atoms with Crippen LogP contribution in [0.2, 0.25) is 5.02 Å². The van der Waals surface area contributed by atoms with E-state index in [-0.39, 0.29) is 23.6 Å². The summed E-state index contributed by atoms with van der Waals surface area (Å²) < 4.78 is 52.4. The first-order valence-electron chi connectivity index (χ1n) is 13.1. The molecule has 2 amide bonds. The summed E-state index contributed by atoms with van der Waals surface area (Å²) >= 11 is 5.89. The molecule has 2 atom stereocenters. The van der Waals surface area contributed by atoms with Gasteiger partial charge in [-0.3, -0.25) is 9.59 Å². The molecule has 0 radical (unpaired) electrons. The van der Waals surface area contributed by atoms with Crippen LogP contribution in [0.3, 0.4) is 0 Å². The normalized spacial score (nSPS) is 12.8. The molecule has 4 aromatic rings. The second-order valence-corrected chi connectivity index (χ2v) is 10.4. The van der Waals surface area contributed by atoms with Gasteiger partial charge in [0.25, 0.3) is 5.91 Å². The smallest absolute Gasteiger partial charge is 0.416 e. The third-order valence-electron chi connectivity index (χ3n) is 6.63. The van der Waals surface area contributed by atoms with Crippen molar-refractivity contribution in [1.29, 1.82) is 0 Å². The Kier molecular flexibility index (Phi) is 9.73. The van der Waals surface area contributed by atoms with Gasteiger partial charge in [-0.15, -0.1) is 0 Å². The van der Waals surface area contributed by atoms with Gasteiger partial charge in [0.05, 0.1) is 22.3 Å². The molecule has 11 heteroatoms. The maximum atomic E-state index is 13.6. The zero-order chi connectivity index (χ0) is 31.3. The topological polar surface area (TPSA) is 98.7 Å². The lowest BCUT2D eigenvalue weighted by atomic mass is 9.99. The number of benzene rings is 4. The lowest BCUT2D eigenvalue weighted by molar-refractivity contribution is -0.137. The number of aliphatic hydroxyl groups excluding tert-OH is 1. The number of aliphatic hydroxyl groups is 1. The molecular formula is C32H27ClF4N2O4. The van der Waals surface area contributed by atoms with Gasteiger partial charge in [0.15, 0.2) is 0 Å². The van der Waals surface area contributed by atoms with Crippen molar-refractivity contribution < 1.29 is 37.4 Å². The van der Waals surface area contributed by atoms with E-state index in [4.69, 9.17) is 11.6 Å². The van der Waals surface area contributed by atoms with Gasteiger partial charge in [-0.05, 0) is 71.1 Å². The second kappa shape index (κ2) is 13.3. The molecule has 1 unspecified atom stereocenters. The van der Waals surface area contributed by atoms with E-state index in [0.717, 1.165) is 17.7 Å². The molecular weight excluding hydrogens is 588 g/mol. The fraction of sp³-hybridized carbons (Fsp3) is 0.188. The molecule has 224 valence electrons. The summed E-state index contributed by atoms with van der Waals surface area (Å²) in [6.07, 6.45) is -5.30. The fourth-order valence-corrected chi connectivity index (χ4v) is 4.49. The minimum atomic E-state index is -4.50. The van der Waals surface area contributed by atoms with Crippen molar-refractivity contribution >= 4 is 23.4 Å². The van der Waals surface area contributed by atoms with Crippen LogP contribution in [-0.2, 0) is 17.4 Å². The Labute approximate surface area is 249 Å². The highest BCUT2D eigenvalue weighted by Crippen LogP contribution is 2.32. The summed E-state index contributed by atoms with van der Waals surface area (Å²) in [4.78, 5) is 26.3. The number of aromatic hydroxyl groups is 1. The van der Waals surface area contributed by atoms with E-state index in [2.05, 4.69) is 10.6 Å². The van der Waals surface area contributed by atoms with Gasteiger partial charge in [0.2, 0.25) is 5.91 Å². The molecule has 0 aliphatic rings. The van der Waals surface area contributed by atoms with Gasteiger partial charge in [0, 0.05) is 13.0 Å². The van der Waals surface area contributed by atoms with Crippen LogP contribution in [0.5, 0.6) is 5.75 Å².